The van der Waals surface area contributed by atoms with Crippen molar-refractivity contribution in [2.75, 3.05) is 19.6 Å². The number of hydrogen-bond acceptors (Lipinski definition) is 4. The minimum atomic E-state index is -0.291. The van der Waals surface area contributed by atoms with Gasteiger partial charge in [0.15, 0.2) is 0 Å². The smallest absolute Gasteiger partial charge is 0.277 e. The summed E-state index contributed by atoms with van der Waals surface area (Å²) in [6.07, 6.45) is 3.76. The van der Waals surface area contributed by atoms with Crippen LogP contribution in [0.15, 0.2) is 47.5 Å². The summed E-state index contributed by atoms with van der Waals surface area (Å²) >= 11 is 1.49. The SMILES string of the molecule is O=C1C(c2cccs2)=C(N2CCCCC2)C(=O)N1CCc1ccc(F)cc1. The number of amides is 2. The zero-order chi connectivity index (χ0) is 18.8. The second-order valence-electron chi connectivity index (χ2n) is 6.89. The number of piperidine rings is 1. The summed E-state index contributed by atoms with van der Waals surface area (Å²) in [4.78, 5) is 30.5. The molecule has 0 spiro atoms. The van der Waals surface area contributed by atoms with Gasteiger partial charge in [-0.25, -0.2) is 4.39 Å². The van der Waals surface area contributed by atoms with Crippen molar-refractivity contribution in [2.45, 2.75) is 25.7 Å². The number of halogens is 1. The highest BCUT2D eigenvalue weighted by Crippen LogP contribution is 2.35. The van der Waals surface area contributed by atoms with Crippen LogP contribution in [0.4, 0.5) is 4.39 Å². The van der Waals surface area contributed by atoms with Gasteiger partial charge >= 0.3 is 0 Å². The minimum Gasteiger partial charge on any atom is -0.366 e. The molecule has 27 heavy (non-hydrogen) atoms. The molecule has 1 saturated heterocycles. The zero-order valence-electron chi connectivity index (χ0n) is 15.0. The Bertz CT molecular complexity index is 868. The molecule has 0 saturated carbocycles. The zero-order valence-corrected chi connectivity index (χ0v) is 15.8. The molecule has 0 aliphatic carbocycles. The van der Waals surface area contributed by atoms with Crippen LogP contribution in [0.1, 0.15) is 29.7 Å². The van der Waals surface area contributed by atoms with Crippen LogP contribution >= 0.6 is 11.3 Å². The van der Waals surface area contributed by atoms with Gasteiger partial charge in [0.05, 0.1) is 5.57 Å². The second-order valence-corrected chi connectivity index (χ2v) is 7.83. The predicted molar refractivity (Wildman–Crippen MR) is 103 cm³/mol. The number of carbonyl (C=O) groups is 2. The highest BCUT2D eigenvalue weighted by atomic mass is 32.1. The molecule has 2 aromatic rings. The van der Waals surface area contributed by atoms with Crippen molar-refractivity contribution in [1.29, 1.82) is 0 Å². The lowest BCUT2D eigenvalue weighted by atomic mass is 10.1. The molecule has 2 aliphatic heterocycles. The first kappa shape index (κ1) is 17.9. The Morgan fingerprint density at radius 2 is 1.70 bits per heavy atom. The van der Waals surface area contributed by atoms with E-state index in [2.05, 4.69) is 4.90 Å². The Hall–Kier alpha value is -2.47. The van der Waals surface area contributed by atoms with Gasteiger partial charge in [-0.2, -0.15) is 0 Å². The number of imide groups is 1. The van der Waals surface area contributed by atoms with Crippen LogP contribution in [0.2, 0.25) is 0 Å². The number of thiophene rings is 1. The van der Waals surface area contributed by atoms with E-state index in [0.717, 1.165) is 42.8 Å². The number of likely N-dealkylation sites (tertiary alicyclic amines) is 1. The van der Waals surface area contributed by atoms with E-state index >= 15 is 0 Å². The molecule has 6 heteroatoms. The maximum atomic E-state index is 13.1. The lowest BCUT2D eigenvalue weighted by Gasteiger charge is -2.29. The summed E-state index contributed by atoms with van der Waals surface area (Å²) in [5.41, 5.74) is 2.00. The molecule has 4 nitrogen and oxygen atoms in total. The first-order valence-electron chi connectivity index (χ1n) is 9.29. The Morgan fingerprint density at radius 1 is 0.963 bits per heavy atom. The summed E-state index contributed by atoms with van der Waals surface area (Å²) < 4.78 is 13.1. The Kier molecular flexibility index (Phi) is 5.07. The van der Waals surface area contributed by atoms with Crippen LogP contribution in [0.5, 0.6) is 0 Å². The highest BCUT2D eigenvalue weighted by Gasteiger charge is 2.41. The van der Waals surface area contributed by atoms with Gasteiger partial charge in [-0.05, 0) is 54.8 Å². The van der Waals surface area contributed by atoms with E-state index in [-0.39, 0.29) is 17.6 Å². The molecule has 4 rings (SSSR count). The molecule has 1 aromatic heterocycles. The van der Waals surface area contributed by atoms with E-state index in [9.17, 15) is 14.0 Å². The maximum absolute atomic E-state index is 13.1. The summed E-state index contributed by atoms with van der Waals surface area (Å²) in [6, 6.07) is 9.99. The van der Waals surface area contributed by atoms with E-state index in [0.29, 0.717) is 24.2 Å². The van der Waals surface area contributed by atoms with Crippen molar-refractivity contribution in [2.24, 2.45) is 0 Å². The van der Waals surface area contributed by atoms with Crippen LogP contribution in [0.25, 0.3) is 5.57 Å². The van der Waals surface area contributed by atoms with Gasteiger partial charge in [0.1, 0.15) is 11.5 Å². The third-order valence-corrected chi connectivity index (χ3v) is 6.01. The number of rotatable bonds is 5. The van der Waals surface area contributed by atoms with Gasteiger partial charge < -0.3 is 4.90 Å². The van der Waals surface area contributed by atoms with Crippen molar-refractivity contribution in [3.63, 3.8) is 0 Å². The lowest BCUT2D eigenvalue weighted by Crippen LogP contribution is -2.38. The average Bonchev–Trinajstić information content (AvgIpc) is 3.29. The Labute approximate surface area is 161 Å². The van der Waals surface area contributed by atoms with Gasteiger partial charge in [-0.3, -0.25) is 14.5 Å². The molecule has 0 bridgehead atoms. The van der Waals surface area contributed by atoms with Gasteiger partial charge in [0.25, 0.3) is 11.8 Å². The van der Waals surface area contributed by atoms with Crippen LogP contribution < -0.4 is 0 Å². The third kappa shape index (κ3) is 3.54. The van der Waals surface area contributed by atoms with Gasteiger partial charge in [0.2, 0.25) is 0 Å². The lowest BCUT2D eigenvalue weighted by molar-refractivity contribution is -0.137. The average molecular weight is 384 g/mol. The summed E-state index contributed by atoms with van der Waals surface area (Å²) in [5.74, 6) is -0.710. The molecule has 140 valence electrons. The maximum Gasteiger partial charge on any atom is 0.277 e. The van der Waals surface area contributed by atoms with Gasteiger partial charge in [0, 0.05) is 24.5 Å². The minimum absolute atomic E-state index is 0.201. The Balaban J connectivity index is 1.60. The van der Waals surface area contributed by atoms with Gasteiger partial charge in [-0.1, -0.05) is 18.2 Å². The molecule has 2 aliphatic rings. The fourth-order valence-electron chi connectivity index (χ4n) is 3.71. The van der Waals surface area contributed by atoms with E-state index in [1.165, 1.54) is 28.4 Å². The van der Waals surface area contributed by atoms with Crippen LogP contribution in [-0.4, -0.2) is 41.2 Å². The summed E-state index contributed by atoms with van der Waals surface area (Å²) in [5, 5.41) is 1.93. The summed E-state index contributed by atoms with van der Waals surface area (Å²) in [7, 11) is 0. The third-order valence-electron chi connectivity index (χ3n) is 5.12. The molecule has 0 unspecified atom stereocenters. The van der Waals surface area contributed by atoms with E-state index in [4.69, 9.17) is 0 Å². The number of nitrogens with zero attached hydrogens (tertiary/aromatic N) is 2. The van der Waals surface area contributed by atoms with Crippen molar-refractivity contribution in [1.82, 2.24) is 9.80 Å². The van der Waals surface area contributed by atoms with Crippen LogP contribution in [0.3, 0.4) is 0 Å². The largest absolute Gasteiger partial charge is 0.366 e. The van der Waals surface area contributed by atoms with Crippen molar-refractivity contribution >= 4 is 28.7 Å². The topological polar surface area (TPSA) is 40.6 Å². The first-order chi connectivity index (χ1) is 13.1. The predicted octanol–water partition coefficient (Wildman–Crippen LogP) is 3.70. The molecular formula is C21H21FN2O2S. The molecule has 1 fully saturated rings. The molecule has 0 radical (unpaired) electrons. The fraction of sp³-hybridized carbons (Fsp3) is 0.333. The van der Waals surface area contributed by atoms with E-state index in [1.54, 1.807) is 12.1 Å². The molecule has 0 atom stereocenters. The fourth-order valence-corrected chi connectivity index (χ4v) is 4.47. The number of benzene rings is 1. The van der Waals surface area contributed by atoms with E-state index < -0.39 is 0 Å². The van der Waals surface area contributed by atoms with Crippen LogP contribution in [0, 0.1) is 5.82 Å². The van der Waals surface area contributed by atoms with Crippen molar-refractivity contribution in [3.05, 3.63) is 63.7 Å². The first-order valence-corrected chi connectivity index (χ1v) is 10.2. The number of carbonyl (C=O) groups excluding carboxylic acids is 2. The van der Waals surface area contributed by atoms with Crippen molar-refractivity contribution < 1.29 is 14.0 Å². The molecule has 3 heterocycles. The molecule has 2 amide bonds. The molecule has 1 aromatic carbocycles. The Morgan fingerprint density at radius 3 is 2.37 bits per heavy atom. The standard InChI is InChI=1S/C21H21FN2O2S/c22-16-8-6-15(7-9-16)10-13-24-20(25)18(17-5-4-14-27-17)19(21(24)26)23-11-2-1-3-12-23/h4-9,14H,1-3,10-13H2. The van der Waals surface area contributed by atoms with Crippen LogP contribution in [-0.2, 0) is 16.0 Å². The highest BCUT2D eigenvalue weighted by molar-refractivity contribution is 7.11. The molecular weight excluding hydrogens is 363 g/mol. The normalized spacial score (nSPS) is 18.0. The monoisotopic (exact) mass is 384 g/mol. The quantitative estimate of drug-likeness (QED) is 0.738. The van der Waals surface area contributed by atoms with Crippen molar-refractivity contribution in [3.8, 4) is 0 Å². The van der Waals surface area contributed by atoms with Gasteiger partial charge in [-0.15, -0.1) is 11.3 Å². The van der Waals surface area contributed by atoms with E-state index in [1.807, 2.05) is 17.5 Å². The number of hydrogen-bond donors (Lipinski definition) is 0. The molecule has 0 N–H and O–H groups in total. The second kappa shape index (κ2) is 7.64. The summed E-state index contributed by atoms with van der Waals surface area (Å²) in [6.45, 7) is 1.93.